The molecule has 1 saturated heterocycles. The van der Waals surface area contributed by atoms with Crippen molar-refractivity contribution in [1.82, 2.24) is 4.31 Å². The summed E-state index contributed by atoms with van der Waals surface area (Å²) in [6.07, 6.45) is 4.09. The molecule has 2 atom stereocenters. The van der Waals surface area contributed by atoms with Crippen LogP contribution < -0.4 is 4.74 Å². The normalized spacial score (nSPS) is 27.1. The van der Waals surface area contributed by atoms with Crippen molar-refractivity contribution in [3.05, 3.63) is 24.3 Å². The van der Waals surface area contributed by atoms with Crippen LogP contribution >= 0.6 is 0 Å². The van der Waals surface area contributed by atoms with E-state index in [0.717, 1.165) is 25.7 Å². The van der Waals surface area contributed by atoms with Gasteiger partial charge in [0.15, 0.2) is 0 Å². The van der Waals surface area contributed by atoms with Crippen LogP contribution in [0.15, 0.2) is 29.2 Å². The fraction of sp³-hybridized carbons (Fsp3) is 0.600. The molecule has 1 aliphatic heterocycles. The van der Waals surface area contributed by atoms with Crippen molar-refractivity contribution in [3.63, 3.8) is 0 Å². The highest BCUT2D eigenvalue weighted by molar-refractivity contribution is 7.89. The number of benzene rings is 1. The van der Waals surface area contributed by atoms with E-state index in [2.05, 4.69) is 0 Å². The number of rotatable bonds is 3. The predicted octanol–water partition coefficient (Wildman–Crippen LogP) is 2.03. The van der Waals surface area contributed by atoms with Crippen molar-refractivity contribution in [2.75, 3.05) is 20.3 Å². The minimum absolute atomic E-state index is 0.0143. The van der Waals surface area contributed by atoms with Crippen molar-refractivity contribution in [2.24, 2.45) is 0 Å². The number of ether oxygens (including phenoxy) is 2. The van der Waals surface area contributed by atoms with Crippen LogP contribution in [0.4, 0.5) is 0 Å². The molecule has 6 heteroatoms. The lowest BCUT2D eigenvalue weighted by Crippen LogP contribution is -2.54. The molecule has 1 saturated carbocycles. The molecule has 0 amide bonds. The summed E-state index contributed by atoms with van der Waals surface area (Å²) in [5.74, 6) is 0.659. The van der Waals surface area contributed by atoms with Crippen LogP contribution in [0.2, 0.25) is 0 Å². The molecule has 0 radical (unpaired) electrons. The van der Waals surface area contributed by atoms with Crippen LogP contribution in [-0.4, -0.2) is 45.1 Å². The molecule has 1 aromatic rings. The minimum atomic E-state index is -3.46. The molecular weight excluding hydrogens is 290 g/mol. The Bertz CT molecular complexity index is 582. The Morgan fingerprint density at radius 3 is 2.62 bits per heavy atom. The van der Waals surface area contributed by atoms with Crippen LogP contribution in [0.5, 0.6) is 5.75 Å². The van der Waals surface area contributed by atoms with E-state index >= 15 is 0 Å². The molecular formula is C15H21NO4S. The first-order chi connectivity index (χ1) is 10.1. The molecule has 1 aromatic carbocycles. The Labute approximate surface area is 125 Å². The molecule has 0 spiro atoms. The number of methoxy groups -OCH3 is 1. The molecule has 0 aromatic heterocycles. The number of hydrogen-bond acceptors (Lipinski definition) is 4. The summed E-state index contributed by atoms with van der Waals surface area (Å²) < 4.78 is 38.2. The lowest BCUT2D eigenvalue weighted by Gasteiger charge is -2.42. The van der Waals surface area contributed by atoms with Crippen molar-refractivity contribution >= 4 is 10.0 Å². The zero-order chi connectivity index (χ0) is 14.9. The van der Waals surface area contributed by atoms with E-state index in [1.54, 1.807) is 35.7 Å². The summed E-state index contributed by atoms with van der Waals surface area (Å²) in [6, 6.07) is 6.58. The first kappa shape index (κ1) is 14.8. The molecule has 2 fully saturated rings. The average molecular weight is 311 g/mol. The smallest absolute Gasteiger partial charge is 0.243 e. The summed E-state index contributed by atoms with van der Waals surface area (Å²) in [7, 11) is -1.89. The summed E-state index contributed by atoms with van der Waals surface area (Å²) in [5, 5.41) is 0. The van der Waals surface area contributed by atoms with E-state index in [0.29, 0.717) is 23.8 Å². The van der Waals surface area contributed by atoms with Gasteiger partial charge in [-0.1, -0.05) is 12.8 Å². The topological polar surface area (TPSA) is 55.8 Å². The fourth-order valence-corrected chi connectivity index (χ4v) is 4.91. The van der Waals surface area contributed by atoms with E-state index in [9.17, 15) is 8.42 Å². The number of sulfonamides is 1. The van der Waals surface area contributed by atoms with Crippen LogP contribution in [-0.2, 0) is 14.8 Å². The first-order valence-corrected chi connectivity index (χ1v) is 8.84. The van der Waals surface area contributed by atoms with Gasteiger partial charge < -0.3 is 9.47 Å². The van der Waals surface area contributed by atoms with Gasteiger partial charge in [0.05, 0.1) is 30.8 Å². The van der Waals surface area contributed by atoms with Crippen LogP contribution in [0.1, 0.15) is 25.7 Å². The van der Waals surface area contributed by atoms with Gasteiger partial charge >= 0.3 is 0 Å². The molecule has 21 heavy (non-hydrogen) atoms. The summed E-state index contributed by atoms with van der Waals surface area (Å²) >= 11 is 0. The highest BCUT2D eigenvalue weighted by Gasteiger charge is 2.40. The summed E-state index contributed by atoms with van der Waals surface area (Å²) in [5.41, 5.74) is 0. The Morgan fingerprint density at radius 1 is 1.19 bits per heavy atom. The molecule has 0 bridgehead atoms. The molecule has 5 nitrogen and oxygen atoms in total. The number of fused-ring (bicyclic) bond motifs is 1. The Hall–Kier alpha value is -1.11. The SMILES string of the molecule is COc1ccc(S(=O)(=O)N2CCOC3CCCCC32)cc1. The zero-order valence-electron chi connectivity index (χ0n) is 12.2. The van der Waals surface area contributed by atoms with Gasteiger partial charge in [-0.3, -0.25) is 0 Å². The number of morpholine rings is 1. The maximum atomic E-state index is 12.9. The third-order valence-corrected chi connectivity index (χ3v) is 6.29. The largest absolute Gasteiger partial charge is 0.497 e. The third kappa shape index (κ3) is 2.80. The maximum absolute atomic E-state index is 12.9. The minimum Gasteiger partial charge on any atom is -0.497 e. The maximum Gasteiger partial charge on any atom is 0.243 e. The lowest BCUT2D eigenvalue weighted by atomic mass is 9.91. The zero-order valence-corrected chi connectivity index (χ0v) is 13.0. The molecule has 3 rings (SSSR count). The second kappa shape index (κ2) is 5.94. The average Bonchev–Trinajstić information content (AvgIpc) is 2.54. The van der Waals surface area contributed by atoms with E-state index < -0.39 is 10.0 Å². The van der Waals surface area contributed by atoms with Gasteiger partial charge in [-0.25, -0.2) is 8.42 Å². The predicted molar refractivity (Wildman–Crippen MR) is 78.9 cm³/mol. The second-order valence-electron chi connectivity index (χ2n) is 5.55. The summed E-state index contributed by atoms with van der Waals surface area (Å²) in [6.45, 7) is 0.923. The van der Waals surface area contributed by atoms with Crippen molar-refractivity contribution in [1.29, 1.82) is 0 Å². The molecule has 116 valence electrons. The highest BCUT2D eigenvalue weighted by Crippen LogP contribution is 2.32. The monoisotopic (exact) mass is 311 g/mol. The molecule has 1 aliphatic carbocycles. The van der Waals surface area contributed by atoms with E-state index in [4.69, 9.17) is 9.47 Å². The van der Waals surface area contributed by atoms with Gasteiger partial charge in [-0.2, -0.15) is 4.31 Å². The standard InChI is InChI=1S/C15H21NO4S/c1-19-12-6-8-13(9-7-12)21(17,18)16-10-11-20-15-5-3-2-4-14(15)16/h6-9,14-15H,2-5,10-11H2,1H3. The number of nitrogens with zero attached hydrogens (tertiary/aromatic N) is 1. The Kier molecular flexibility index (Phi) is 4.19. The first-order valence-electron chi connectivity index (χ1n) is 7.40. The van der Waals surface area contributed by atoms with Crippen molar-refractivity contribution in [2.45, 2.75) is 42.7 Å². The van der Waals surface area contributed by atoms with Gasteiger partial charge in [0.1, 0.15) is 5.75 Å². The van der Waals surface area contributed by atoms with Crippen LogP contribution in [0, 0.1) is 0 Å². The summed E-state index contributed by atoms with van der Waals surface area (Å²) in [4.78, 5) is 0.328. The molecule has 0 N–H and O–H groups in total. The highest BCUT2D eigenvalue weighted by atomic mass is 32.2. The molecule has 1 heterocycles. The van der Waals surface area contributed by atoms with Gasteiger partial charge in [0, 0.05) is 6.54 Å². The van der Waals surface area contributed by atoms with Crippen LogP contribution in [0.25, 0.3) is 0 Å². The van der Waals surface area contributed by atoms with E-state index in [1.807, 2.05) is 0 Å². The molecule has 2 unspecified atom stereocenters. The lowest BCUT2D eigenvalue weighted by molar-refractivity contribution is -0.0586. The fourth-order valence-electron chi connectivity index (χ4n) is 3.24. The van der Waals surface area contributed by atoms with Crippen molar-refractivity contribution < 1.29 is 17.9 Å². The van der Waals surface area contributed by atoms with Crippen molar-refractivity contribution in [3.8, 4) is 5.75 Å². The van der Waals surface area contributed by atoms with E-state index in [1.165, 1.54) is 0 Å². The molecule has 2 aliphatic rings. The van der Waals surface area contributed by atoms with Crippen LogP contribution in [0.3, 0.4) is 0 Å². The van der Waals surface area contributed by atoms with Gasteiger partial charge in [-0.15, -0.1) is 0 Å². The van der Waals surface area contributed by atoms with E-state index in [-0.39, 0.29) is 12.1 Å². The Morgan fingerprint density at radius 2 is 1.90 bits per heavy atom. The van der Waals surface area contributed by atoms with Gasteiger partial charge in [0.25, 0.3) is 0 Å². The Balaban J connectivity index is 1.88. The third-order valence-electron chi connectivity index (χ3n) is 4.35. The van der Waals surface area contributed by atoms with Gasteiger partial charge in [0.2, 0.25) is 10.0 Å². The quantitative estimate of drug-likeness (QED) is 0.857. The number of hydrogen-bond donors (Lipinski definition) is 0. The van der Waals surface area contributed by atoms with Gasteiger partial charge in [-0.05, 0) is 37.1 Å². The second-order valence-corrected chi connectivity index (χ2v) is 7.44.